The van der Waals surface area contributed by atoms with Crippen molar-refractivity contribution in [3.63, 3.8) is 0 Å². The molecule has 98 valence electrons. The van der Waals surface area contributed by atoms with Gasteiger partial charge in [-0.2, -0.15) is 0 Å². The van der Waals surface area contributed by atoms with E-state index in [0.29, 0.717) is 10.8 Å². The van der Waals surface area contributed by atoms with Gasteiger partial charge in [-0.15, -0.1) is 0 Å². The van der Waals surface area contributed by atoms with E-state index in [1.807, 2.05) is 31.2 Å². The molecule has 19 heavy (non-hydrogen) atoms. The van der Waals surface area contributed by atoms with Crippen LogP contribution in [0.25, 0.3) is 0 Å². The Bertz CT molecular complexity index is 562. The standard InChI is InChI=1S/C13H14N4OS/c1-10-5-2-3-6-11(10)17(14)12(18)9-19-13-15-7-4-8-16-13/h2-8H,9,14H2,1H3. The molecule has 0 saturated carbocycles. The van der Waals surface area contributed by atoms with Crippen molar-refractivity contribution in [2.24, 2.45) is 5.84 Å². The van der Waals surface area contributed by atoms with E-state index in [4.69, 9.17) is 5.84 Å². The molecule has 0 atom stereocenters. The summed E-state index contributed by atoms with van der Waals surface area (Å²) in [5, 5.41) is 1.74. The van der Waals surface area contributed by atoms with Crippen molar-refractivity contribution in [2.75, 3.05) is 10.8 Å². The van der Waals surface area contributed by atoms with Gasteiger partial charge in [-0.05, 0) is 24.6 Å². The molecule has 0 saturated heterocycles. The predicted octanol–water partition coefficient (Wildman–Crippen LogP) is 1.78. The molecule has 5 nitrogen and oxygen atoms in total. The van der Waals surface area contributed by atoms with Gasteiger partial charge in [0.15, 0.2) is 5.16 Å². The highest BCUT2D eigenvalue weighted by Gasteiger charge is 2.14. The predicted molar refractivity (Wildman–Crippen MR) is 75.6 cm³/mol. The summed E-state index contributed by atoms with van der Waals surface area (Å²) in [6.07, 6.45) is 3.28. The van der Waals surface area contributed by atoms with Gasteiger partial charge in [0, 0.05) is 12.4 Å². The Labute approximate surface area is 115 Å². The maximum atomic E-state index is 12.0. The molecule has 0 aliphatic heterocycles. The number of rotatable bonds is 4. The molecule has 2 rings (SSSR count). The zero-order chi connectivity index (χ0) is 13.7. The molecule has 1 amide bonds. The van der Waals surface area contributed by atoms with Crippen molar-refractivity contribution in [3.8, 4) is 0 Å². The van der Waals surface area contributed by atoms with Gasteiger partial charge in [0.25, 0.3) is 5.91 Å². The van der Waals surface area contributed by atoms with Crippen LogP contribution in [0, 0.1) is 6.92 Å². The highest BCUT2D eigenvalue weighted by Crippen LogP contribution is 2.18. The molecule has 1 aromatic heterocycles. The van der Waals surface area contributed by atoms with Crippen LogP contribution in [0.5, 0.6) is 0 Å². The van der Waals surface area contributed by atoms with Gasteiger partial charge in [-0.1, -0.05) is 30.0 Å². The molecule has 6 heteroatoms. The zero-order valence-corrected chi connectivity index (χ0v) is 11.3. The lowest BCUT2D eigenvalue weighted by Gasteiger charge is -2.18. The number of aromatic nitrogens is 2. The number of nitrogens with zero attached hydrogens (tertiary/aromatic N) is 3. The van der Waals surface area contributed by atoms with E-state index in [2.05, 4.69) is 9.97 Å². The molecule has 0 fully saturated rings. The monoisotopic (exact) mass is 274 g/mol. The number of amides is 1. The van der Waals surface area contributed by atoms with Crippen molar-refractivity contribution in [3.05, 3.63) is 48.3 Å². The normalized spacial score (nSPS) is 10.2. The molecule has 0 bridgehead atoms. The number of hydrazine groups is 1. The summed E-state index contributed by atoms with van der Waals surface area (Å²) >= 11 is 1.26. The summed E-state index contributed by atoms with van der Waals surface area (Å²) in [6, 6.07) is 9.22. The highest BCUT2D eigenvalue weighted by atomic mass is 32.2. The van der Waals surface area contributed by atoms with Crippen LogP contribution in [0.15, 0.2) is 47.9 Å². The molecular weight excluding hydrogens is 260 g/mol. The van der Waals surface area contributed by atoms with Crippen LogP contribution in [-0.4, -0.2) is 21.6 Å². The fraction of sp³-hybridized carbons (Fsp3) is 0.154. The zero-order valence-electron chi connectivity index (χ0n) is 10.5. The summed E-state index contributed by atoms with van der Waals surface area (Å²) in [4.78, 5) is 20.1. The summed E-state index contributed by atoms with van der Waals surface area (Å²) < 4.78 is 0. The van der Waals surface area contributed by atoms with Crippen LogP contribution in [0.4, 0.5) is 5.69 Å². The molecule has 1 heterocycles. The number of aryl methyl sites for hydroxylation is 1. The molecule has 2 N–H and O–H groups in total. The smallest absolute Gasteiger partial charge is 0.251 e. The third-order valence-electron chi connectivity index (χ3n) is 2.51. The van der Waals surface area contributed by atoms with Gasteiger partial charge in [-0.25, -0.2) is 20.8 Å². The van der Waals surface area contributed by atoms with Gasteiger partial charge >= 0.3 is 0 Å². The second-order valence-electron chi connectivity index (χ2n) is 3.87. The van der Waals surface area contributed by atoms with E-state index in [0.717, 1.165) is 5.56 Å². The fourth-order valence-corrected chi connectivity index (χ4v) is 2.19. The minimum Gasteiger partial charge on any atom is -0.272 e. The van der Waals surface area contributed by atoms with Gasteiger partial charge in [-0.3, -0.25) is 4.79 Å². The summed E-state index contributed by atoms with van der Waals surface area (Å²) in [5.74, 6) is 5.85. The average Bonchev–Trinajstić information content (AvgIpc) is 2.45. The number of para-hydroxylation sites is 1. The Balaban J connectivity index is 1.99. The molecule has 0 unspecified atom stereocenters. The Hall–Kier alpha value is -1.92. The first kappa shape index (κ1) is 13.5. The summed E-state index contributed by atoms with van der Waals surface area (Å²) in [6.45, 7) is 1.91. The van der Waals surface area contributed by atoms with Crippen LogP contribution < -0.4 is 10.9 Å². The van der Waals surface area contributed by atoms with Crippen LogP contribution in [-0.2, 0) is 4.79 Å². The third-order valence-corrected chi connectivity index (χ3v) is 3.37. The van der Waals surface area contributed by atoms with Crippen LogP contribution >= 0.6 is 11.8 Å². The van der Waals surface area contributed by atoms with E-state index >= 15 is 0 Å². The lowest BCUT2D eigenvalue weighted by atomic mass is 10.2. The number of benzene rings is 1. The Morgan fingerprint density at radius 2 is 1.95 bits per heavy atom. The molecule has 0 spiro atoms. The quantitative estimate of drug-likeness (QED) is 0.302. The van der Waals surface area contributed by atoms with E-state index in [-0.39, 0.29) is 11.7 Å². The largest absolute Gasteiger partial charge is 0.272 e. The fourth-order valence-electron chi connectivity index (χ4n) is 1.52. The van der Waals surface area contributed by atoms with Gasteiger partial charge < -0.3 is 0 Å². The van der Waals surface area contributed by atoms with Crippen molar-refractivity contribution in [2.45, 2.75) is 12.1 Å². The molecule has 0 aliphatic rings. The number of carbonyl (C=O) groups excluding carboxylic acids is 1. The lowest BCUT2D eigenvalue weighted by Crippen LogP contribution is -2.39. The number of nitrogens with two attached hydrogens (primary N) is 1. The van der Waals surface area contributed by atoms with Crippen LogP contribution in [0.1, 0.15) is 5.56 Å². The Morgan fingerprint density at radius 3 is 2.63 bits per heavy atom. The van der Waals surface area contributed by atoms with E-state index in [1.54, 1.807) is 18.5 Å². The average molecular weight is 274 g/mol. The van der Waals surface area contributed by atoms with Crippen molar-refractivity contribution >= 4 is 23.4 Å². The Kier molecular flexibility index (Phi) is 4.48. The van der Waals surface area contributed by atoms with Gasteiger partial charge in [0.1, 0.15) is 0 Å². The number of anilines is 1. The number of carbonyl (C=O) groups is 1. The SMILES string of the molecule is Cc1ccccc1N(N)C(=O)CSc1ncccn1. The molecule has 2 aromatic rings. The highest BCUT2D eigenvalue weighted by molar-refractivity contribution is 7.99. The second-order valence-corrected chi connectivity index (χ2v) is 4.81. The number of hydrogen-bond acceptors (Lipinski definition) is 5. The van der Waals surface area contributed by atoms with Crippen LogP contribution in [0.3, 0.4) is 0 Å². The first-order valence-corrected chi connectivity index (χ1v) is 6.70. The summed E-state index contributed by atoms with van der Waals surface area (Å²) in [5.41, 5.74) is 1.67. The molecule has 1 aromatic carbocycles. The van der Waals surface area contributed by atoms with Crippen molar-refractivity contribution in [1.29, 1.82) is 0 Å². The van der Waals surface area contributed by atoms with E-state index in [1.165, 1.54) is 16.8 Å². The van der Waals surface area contributed by atoms with Crippen molar-refractivity contribution in [1.82, 2.24) is 9.97 Å². The minimum atomic E-state index is -0.188. The maximum absolute atomic E-state index is 12.0. The molecular formula is C13H14N4OS. The topological polar surface area (TPSA) is 72.1 Å². The van der Waals surface area contributed by atoms with Gasteiger partial charge in [0.2, 0.25) is 0 Å². The van der Waals surface area contributed by atoms with Crippen molar-refractivity contribution < 1.29 is 4.79 Å². The van der Waals surface area contributed by atoms with Gasteiger partial charge in [0.05, 0.1) is 11.4 Å². The second kappa shape index (κ2) is 6.31. The Morgan fingerprint density at radius 1 is 1.26 bits per heavy atom. The van der Waals surface area contributed by atoms with E-state index in [9.17, 15) is 4.79 Å². The number of thioether (sulfide) groups is 1. The lowest BCUT2D eigenvalue weighted by molar-refractivity contribution is -0.116. The third kappa shape index (κ3) is 3.52. The van der Waals surface area contributed by atoms with Crippen LogP contribution in [0.2, 0.25) is 0 Å². The molecule has 0 aliphatic carbocycles. The first-order valence-electron chi connectivity index (χ1n) is 5.71. The summed E-state index contributed by atoms with van der Waals surface area (Å²) in [7, 11) is 0. The number of hydrogen-bond donors (Lipinski definition) is 1. The van der Waals surface area contributed by atoms with E-state index < -0.39 is 0 Å². The minimum absolute atomic E-state index is 0.188. The first-order chi connectivity index (χ1) is 9.18. The molecule has 0 radical (unpaired) electrons. The maximum Gasteiger partial charge on any atom is 0.251 e.